The molecule has 1 unspecified atom stereocenters. The Bertz CT molecular complexity index is 145. The van der Waals surface area contributed by atoms with Gasteiger partial charge in [-0.3, -0.25) is 9.59 Å². The third kappa shape index (κ3) is 5.66. The van der Waals surface area contributed by atoms with Crippen LogP contribution in [0.4, 0.5) is 0 Å². The maximum atomic E-state index is 9.85. The third-order valence-corrected chi connectivity index (χ3v) is 0.712. The van der Waals surface area contributed by atoms with Crippen molar-refractivity contribution in [3.05, 3.63) is 0 Å². The van der Waals surface area contributed by atoms with E-state index < -0.39 is 24.4 Å². The Hall–Kier alpha value is -0.477. The molecule has 5 nitrogen and oxygen atoms in total. The van der Waals surface area contributed by atoms with Gasteiger partial charge in [0.25, 0.3) is 0 Å². The van der Waals surface area contributed by atoms with Gasteiger partial charge in [-0.2, -0.15) is 0 Å². The summed E-state index contributed by atoms with van der Waals surface area (Å²) in [5.74, 6) is -2.50. The molecule has 0 aromatic heterocycles. The standard InChI is InChI=1S/C4H7NO4.Zn/c5-2(4(8)9)1-3(6)7;/h2H,1,5H2,(H,6,7)(H,8,9);/q;+2/p+2. The Kier molecular flexibility index (Phi) is 6.50. The number of aliphatic carboxylic acids is 2. The molecule has 1 atom stereocenters. The van der Waals surface area contributed by atoms with Gasteiger partial charge < -0.3 is 15.9 Å². The Morgan fingerprint density at radius 3 is 2.00 bits per heavy atom. The van der Waals surface area contributed by atoms with Crippen LogP contribution in [0.15, 0.2) is 0 Å². The molecule has 0 aliphatic rings. The first-order chi connectivity index (χ1) is 4.04. The van der Waals surface area contributed by atoms with Crippen LogP contribution in [-0.2, 0) is 29.1 Å². The number of hydrogen-bond donors (Lipinski definition) is 3. The van der Waals surface area contributed by atoms with Gasteiger partial charge in [0.05, 0.1) is 6.42 Å². The van der Waals surface area contributed by atoms with Crippen molar-refractivity contribution >= 4 is 11.9 Å². The molecule has 0 spiro atoms. The largest absolute Gasteiger partial charge is 2.00 e. The minimum atomic E-state index is -1.29. The summed E-state index contributed by atoms with van der Waals surface area (Å²) in [6.45, 7) is 0. The van der Waals surface area contributed by atoms with Crippen molar-refractivity contribution in [3.8, 4) is 0 Å². The molecule has 0 amide bonds. The molecule has 0 aliphatic heterocycles. The van der Waals surface area contributed by atoms with Gasteiger partial charge >= 0.3 is 34.3 Å². The van der Waals surface area contributed by atoms with Gasteiger partial charge in [-0.1, -0.05) is 0 Å². The molecule has 0 bridgehead atoms. The van der Waals surface area contributed by atoms with Crippen LogP contribution in [0.5, 0.6) is 0 Å². The third-order valence-electron chi connectivity index (χ3n) is 0.712. The Labute approximate surface area is 72.9 Å². The predicted octanol–water partition coefficient (Wildman–Crippen LogP) is -0.905. The van der Waals surface area contributed by atoms with Gasteiger partial charge in [0.2, 0.25) is 0 Å². The van der Waals surface area contributed by atoms with Crippen molar-refractivity contribution in [2.24, 2.45) is 5.73 Å². The average Bonchev–Trinajstić information content (AvgIpc) is 1.63. The van der Waals surface area contributed by atoms with Gasteiger partial charge in [-0.15, -0.1) is 0 Å². The predicted molar refractivity (Wildman–Crippen MR) is 30.1 cm³/mol. The molecule has 0 heterocycles. The van der Waals surface area contributed by atoms with Crippen LogP contribution in [0.1, 0.15) is 9.27 Å². The van der Waals surface area contributed by atoms with Crippen molar-refractivity contribution in [1.82, 2.24) is 0 Å². The van der Waals surface area contributed by atoms with Gasteiger partial charge in [-0.25, -0.2) is 0 Å². The van der Waals surface area contributed by atoms with Crippen molar-refractivity contribution in [2.45, 2.75) is 12.5 Å². The van der Waals surface area contributed by atoms with Crippen molar-refractivity contribution in [1.29, 1.82) is 0 Å². The molecule has 0 rings (SSSR count). The van der Waals surface area contributed by atoms with Gasteiger partial charge in [0.1, 0.15) is 6.04 Å². The summed E-state index contributed by atoms with van der Waals surface area (Å²) >= 11 is 0. The summed E-state index contributed by atoms with van der Waals surface area (Å²) in [5.41, 5.74) is 4.84. The minimum absolute atomic E-state index is 0. The number of carboxylic acid groups (broad SMARTS) is 2. The SMILES string of the molecule is NC(CC(=O)O)C(=O)O.[H+].[H+].[Zn+2]. The fourth-order valence-electron chi connectivity index (χ4n) is 0.275. The number of hydrogen-bond acceptors (Lipinski definition) is 3. The molecule has 0 saturated heterocycles. The van der Waals surface area contributed by atoms with Crippen LogP contribution >= 0.6 is 0 Å². The van der Waals surface area contributed by atoms with Gasteiger partial charge in [0, 0.05) is 0 Å². The maximum Gasteiger partial charge on any atom is 2.00 e. The summed E-state index contributed by atoms with van der Waals surface area (Å²) in [5, 5.41) is 16.0. The molecule has 4 N–H and O–H groups in total. The van der Waals surface area contributed by atoms with Crippen LogP contribution < -0.4 is 5.73 Å². The summed E-state index contributed by atoms with van der Waals surface area (Å²) in [7, 11) is 0. The number of rotatable bonds is 3. The molecule has 10 heavy (non-hydrogen) atoms. The summed E-state index contributed by atoms with van der Waals surface area (Å²) in [6, 6.07) is -1.29. The quantitative estimate of drug-likeness (QED) is 0.513. The monoisotopic (exact) mass is 199 g/mol. The second-order valence-corrected chi connectivity index (χ2v) is 1.54. The van der Waals surface area contributed by atoms with E-state index in [1.54, 1.807) is 0 Å². The van der Waals surface area contributed by atoms with Crippen molar-refractivity contribution in [3.63, 3.8) is 0 Å². The summed E-state index contributed by atoms with van der Waals surface area (Å²) in [6.07, 6.45) is -0.532. The Morgan fingerprint density at radius 2 is 1.90 bits per heavy atom. The fraction of sp³-hybridized carbons (Fsp3) is 0.500. The van der Waals surface area contributed by atoms with E-state index >= 15 is 0 Å². The fourth-order valence-corrected chi connectivity index (χ4v) is 0.275. The number of carboxylic acids is 2. The molecule has 0 saturated carbocycles. The maximum absolute atomic E-state index is 9.85. The smallest absolute Gasteiger partial charge is 0.481 e. The van der Waals surface area contributed by atoms with Gasteiger partial charge in [-0.05, 0) is 0 Å². The molecule has 6 heteroatoms. The first-order valence-electron chi connectivity index (χ1n) is 2.24. The van der Waals surface area contributed by atoms with E-state index in [1.807, 2.05) is 0 Å². The van der Waals surface area contributed by atoms with Crippen LogP contribution in [0.3, 0.4) is 0 Å². The number of carbonyl (C=O) groups is 2. The topological polar surface area (TPSA) is 101 Å². The van der Waals surface area contributed by atoms with Crippen molar-refractivity contribution in [2.75, 3.05) is 0 Å². The van der Waals surface area contributed by atoms with E-state index in [0.717, 1.165) is 0 Å². The normalized spacial score (nSPS) is 11.3. The summed E-state index contributed by atoms with van der Waals surface area (Å²) < 4.78 is 0. The van der Waals surface area contributed by atoms with E-state index in [4.69, 9.17) is 15.9 Å². The van der Waals surface area contributed by atoms with Crippen LogP contribution in [0.2, 0.25) is 0 Å². The first kappa shape index (κ1) is 12.2. The van der Waals surface area contributed by atoms with Crippen LogP contribution in [0.25, 0.3) is 0 Å². The van der Waals surface area contributed by atoms with Crippen LogP contribution in [-0.4, -0.2) is 28.2 Å². The second kappa shape index (κ2) is 5.32. The van der Waals surface area contributed by atoms with E-state index in [-0.39, 0.29) is 22.3 Å². The van der Waals surface area contributed by atoms with E-state index in [0.29, 0.717) is 0 Å². The van der Waals surface area contributed by atoms with E-state index in [9.17, 15) is 9.59 Å². The molecule has 0 aliphatic carbocycles. The zero-order valence-electron chi connectivity index (χ0n) is 7.28. The number of nitrogens with two attached hydrogens (primary N) is 1. The molecule has 0 fully saturated rings. The molecule has 0 radical (unpaired) electrons. The summed E-state index contributed by atoms with van der Waals surface area (Å²) in [4.78, 5) is 19.6. The molecular formula is C4H9NO4Zn+4. The zero-order chi connectivity index (χ0) is 7.44. The first-order valence-corrected chi connectivity index (χ1v) is 2.24. The molecule has 0 aromatic carbocycles. The Morgan fingerprint density at radius 1 is 1.50 bits per heavy atom. The zero-order valence-corrected chi connectivity index (χ0v) is 8.25. The average molecular weight is 201 g/mol. The molecule has 52 valence electrons. The van der Waals surface area contributed by atoms with Gasteiger partial charge in [0.15, 0.2) is 0 Å². The van der Waals surface area contributed by atoms with E-state index in [2.05, 4.69) is 0 Å². The van der Waals surface area contributed by atoms with Crippen LogP contribution in [0, 0.1) is 0 Å². The van der Waals surface area contributed by atoms with Crippen molar-refractivity contribution < 1.29 is 42.1 Å². The second-order valence-electron chi connectivity index (χ2n) is 1.54. The minimum Gasteiger partial charge on any atom is -0.481 e. The van der Waals surface area contributed by atoms with E-state index in [1.165, 1.54) is 0 Å². The molecule has 0 aromatic rings. The molecular weight excluding hydrogens is 191 g/mol. The Balaban J connectivity index is -0.000000107.